The number of benzene rings is 1. The number of rotatable bonds is 5. The third kappa shape index (κ3) is 4.50. The topological polar surface area (TPSA) is 72.5 Å². The highest BCUT2D eigenvalue weighted by Gasteiger charge is 2.40. The molecule has 6 heteroatoms. The average molecular weight is 353 g/mol. The van der Waals surface area contributed by atoms with E-state index in [-0.39, 0.29) is 17.4 Å². The summed E-state index contributed by atoms with van der Waals surface area (Å²) in [6.07, 6.45) is -0.249. The van der Waals surface area contributed by atoms with Crippen molar-refractivity contribution in [3.8, 4) is 5.75 Å². The molecule has 1 fully saturated rings. The molecule has 0 aliphatic carbocycles. The van der Waals surface area contributed by atoms with Crippen LogP contribution in [0.25, 0.3) is 0 Å². The number of hydrogen-bond acceptors (Lipinski definition) is 4. The maximum atomic E-state index is 12.4. The third-order valence-electron chi connectivity index (χ3n) is 4.48. The summed E-state index contributed by atoms with van der Waals surface area (Å²) < 4.78 is 29.1. The molecule has 1 N–H and O–H groups in total. The highest BCUT2D eigenvalue weighted by atomic mass is 32.2. The number of hydrogen-bond donors (Lipinski definition) is 1. The number of carbonyl (C=O) groups excluding carboxylic acids is 1. The van der Waals surface area contributed by atoms with Crippen molar-refractivity contribution in [1.82, 2.24) is 5.32 Å². The molecule has 2 unspecified atom stereocenters. The smallest absolute Gasteiger partial charge is 0.261 e. The molecule has 0 aromatic heterocycles. The minimum absolute atomic E-state index is 0.0136. The van der Waals surface area contributed by atoms with Crippen LogP contribution in [0.1, 0.15) is 51.2 Å². The normalized spacial score (nSPS) is 23.9. The molecule has 1 aromatic rings. The van der Waals surface area contributed by atoms with Gasteiger partial charge >= 0.3 is 0 Å². The van der Waals surface area contributed by atoms with E-state index in [9.17, 15) is 13.2 Å². The predicted molar refractivity (Wildman–Crippen MR) is 95.2 cm³/mol. The van der Waals surface area contributed by atoms with Crippen molar-refractivity contribution in [2.75, 3.05) is 11.5 Å². The Morgan fingerprint density at radius 3 is 2.50 bits per heavy atom. The van der Waals surface area contributed by atoms with E-state index >= 15 is 0 Å². The molecule has 134 valence electrons. The molecule has 24 heavy (non-hydrogen) atoms. The molecule has 1 heterocycles. The van der Waals surface area contributed by atoms with Gasteiger partial charge in [-0.3, -0.25) is 4.79 Å². The monoisotopic (exact) mass is 353 g/mol. The van der Waals surface area contributed by atoms with Gasteiger partial charge in [0.15, 0.2) is 15.9 Å². The Morgan fingerprint density at radius 2 is 1.96 bits per heavy atom. The Labute approximate surface area is 144 Å². The number of carbonyl (C=O) groups is 1. The molecule has 5 nitrogen and oxygen atoms in total. The van der Waals surface area contributed by atoms with Crippen molar-refractivity contribution in [3.63, 3.8) is 0 Å². The molecule has 0 spiro atoms. The van der Waals surface area contributed by atoms with Crippen molar-refractivity contribution in [1.29, 1.82) is 0 Å². The van der Waals surface area contributed by atoms with E-state index in [1.807, 2.05) is 19.1 Å². The number of ether oxygens (including phenoxy) is 1. The van der Waals surface area contributed by atoms with Gasteiger partial charge < -0.3 is 10.1 Å². The zero-order valence-corrected chi connectivity index (χ0v) is 15.9. The lowest BCUT2D eigenvalue weighted by Crippen LogP contribution is -2.51. The van der Waals surface area contributed by atoms with Crippen LogP contribution in [0.3, 0.4) is 0 Å². The van der Waals surface area contributed by atoms with Crippen LogP contribution in [0, 0.1) is 6.92 Å². The van der Waals surface area contributed by atoms with E-state index in [4.69, 9.17) is 4.74 Å². The van der Waals surface area contributed by atoms with Crippen molar-refractivity contribution in [2.24, 2.45) is 0 Å². The van der Waals surface area contributed by atoms with Crippen LogP contribution in [0.5, 0.6) is 5.75 Å². The van der Waals surface area contributed by atoms with E-state index in [2.05, 4.69) is 25.2 Å². The van der Waals surface area contributed by atoms with Crippen molar-refractivity contribution >= 4 is 15.7 Å². The largest absolute Gasteiger partial charge is 0.481 e. The second-order valence-electron chi connectivity index (χ2n) is 7.33. The second-order valence-corrected chi connectivity index (χ2v) is 9.52. The van der Waals surface area contributed by atoms with Crippen LogP contribution < -0.4 is 10.1 Å². The quantitative estimate of drug-likeness (QED) is 0.883. The zero-order chi connectivity index (χ0) is 18.1. The summed E-state index contributed by atoms with van der Waals surface area (Å²) in [5, 5.41) is 2.84. The molecule has 2 atom stereocenters. The van der Waals surface area contributed by atoms with Gasteiger partial charge in [0, 0.05) is 0 Å². The van der Waals surface area contributed by atoms with Gasteiger partial charge in [0.25, 0.3) is 5.91 Å². The molecular formula is C18H27NO4S. The van der Waals surface area contributed by atoms with Gasteiger partial charge in [-0.25, -0.2) is 8.42 Å². The first-order valence-corrected chi connectivity index (χ1v) is 10.1. The van der Waals surface area contributed by atoms with Gasteiger partial charge in [-0.15, -0.1) is 0 Å². The average Bonchev–Trinajstić information content (AvgIpc) is 2.74. The first kappa shape index (κ1) is 18.8. The molecule has 2 rings (SSSR count). The number of sulfone groups is 1. The molecule has 1 aliphatic heterocycles. The summed E-state index contributed by atoms with van der Waals surface area (Å²) in [7, 11) is -3.06. The Hall–Kier alpha value is -1.56. The maximum absolute atomic E-state index is 12.4. The molecule has 0 saturated carbocycles. The summed E-state index contributed by atoms with van der Waals surface area (Å²) in [6.45, 7) is 9.60. The molecule has 1 aromatic carbocycles. The van der Waals surface area contributed by atoms with Gasteiger partial charge in [0.1, 0.15) is 5.75 Å². The fourth-order valence-corrected chi connectivity index (χ4v) is 4.95. The lowest BCUT2D eigenvalue weighted by atomic mass is 10.0. The first-order chi connectivity index (χ1) is 11.0. The fourth-order valence-electron chi connectivity index (χ4n) is 2.85. The van der Waals surface area contributed by atoms with E-state index in [1.54, 1.807) is 13.8 Å². The molecule has 1 amide bonds. The number of aryl methyl sites for hydroxylation is 1. The van der Waals surface area contributed by atoms with Gasteiger partial charge in [0.2, 0.25) is 0 Å². The highest BCUT2D eigenvalue weighted by molar-refractivity contribution is 7.91. The molecule has 1 aliphatic rings. The first-order valence-electron chi connectivity index (χ1n) is 8.31. The van der Waals surface area contributed by atoms with E-state index in [1.165, 1.54) is 0 Å². The second kappa shape index (κ2) is 6.75. The van der Waals surface area contributed by atoms with Crippen LogP contribution in [-0.4, -0.2) is 37.5 Å². The Balaban J connectivity index is 2.06. The standard InChI is InChI=1S/C18H27NO4S/c1-12(2)15-7-6-13(3)16(10-15)23-14(4)17(20)19-18(5)8-9-24(21,22)11-18/h6-7,10,12,14H,8-9,11H2,1-5H3,(H,19,20). The van der Waals surface area contributed by atoms with Crippen LogP contribution >= 0.6 is 0 Å². The summed E-state index contributed by atoms with van der Waals surface area (Å²) in [6, 6.07) is 6.01. The minimum atomic E-state index is -3.06. The Bertz CT molecular complexity index is 727. The lowest BCUT2D eigenvalue weighted by Gasteiger charge is -2.26. The highest BCUT2D eigenvalue weighted by Crippen LogP contribution is 2.26. The fraction of sp³-hybridized carbons (Fsp3) is 0.611. The maximum Gasteiger partial charge on any atom is 0.261 e. The molecule has 0 bridgehead atoms. The summed E-state index contributed by atoms with van der Waals surface area (Å²) in [5.41, 5.74) is 1.41. The van der Waals surface area contributed by atoms with Crippen LogP contribution in [0.15, 0.2) is 18.2 Å². The Kier molecular flexibility index (Phi) is 5.28. The van der Waals surface area contributed by atoms with E-state index in [0.717, 1.165) is 11.1 Å². The SMILES string of the molecule is Cc1ccc(C(C)C)cc1OC(C)C(=O)NC1(C)CCS(=O)(=O)C1. The minimum Gasteiger partial charge on any atom is -0.481 e. The van der Waals surface area contributed by atoms with Gasteiger partial charge in [-0.1, -0.05) is 26.0 Å². The van der Waals surface area contributed by atoms with E-state index in [0.29, 0.717) is 18.1 Å². The van der Waals surface area contributed by atoms with Gasteiger partial charge in [-0.05, 0) is 50.3 Å². The van der Waals surface area contributed by atoms with Crippen molar-refractivity contribution < 1.29 is 17.9 Å². The van der Waals surface area contributed by atoms with Crippen LogP contribution in [-0.2, 0) is 14.6 Å². The molecule has 1 saturated heterocycles. The summed E-state index contributed by atoms with van der Waals surface area (Å²) >= 11 is 0. The summed E-state index contributed by atoms with van der Waals surface area (Å²) in [5.74, 6) is 0.881. The summed E-state index contributed by atoms with van der Waals surface area (Å²) in [4.78, 5) is 12.4. The van der Waals surface area contributed by atoms with Gasteiger partial charge in [0.05, 0.1) is 17.0 Å². The van der Waals surface area contributed by atoms with Crippen molar-refractivity contribution in [3.05, 3.63) is 29.3 Å². The third-order valence-corrected chi connectivity index (χ3v) is 6.38. The number of nitrogens with one attached hydrogen (secondary N) is 1. The predicted octanol–water partition coefficient (Wildman–Crippen LogP) is 2.58. The van der Waals surface area contributed by atoms with Crippen LogP contribution in [0.4, 0.5) is 0 Å². The lowest BCUT2D eigenvalue weighted by molar-refractivity contribution is -0.128. The molecular weight excluding hydrogens is 326 g/mol. The Morgan fingerprint density at radius 1 is 1.29 bits per heavy atom. The van der Waals surface area contributed by atoms with Gasteiger partial charge in [-0.2, -0.15) is 0 Å². The van der Waals surface area contributed by atoms with Crippen molar-refractivity contribution in [2.45, 2.75) is 58.6 Å². The zero-order valence-electron chi connectivity index (χ0n) is 15.0. The number of amides is 1. The van der Waals surface area contributed by atoms with E-state index < -0.39 is 21.5 Å². The van der Waals surface area contributed by atoms with Crippen LogP contribution in [0.2, 0.25) is 0 Å². The molecule has 0 radical (unpaired) electrons.